The number of ether oxygens (including phenoxy) is 1. The molecule has 3 rings (SSSR count). The monoisotopic (exact) mass is 460 g/mol. The zero-order valence-electron chi connectivity index (χ0n) is 15.6. The van der Waals surface area contributed by atoms with Crippen LogP contribution in [0, 0.1) is 5.82 Å². The number of hydrogen-bond acceptors (Lipinski definition) is 5. The number of aliphatic hydroxyl groups excluding tert-OH is 1. The van der Waals surface area contributed by atoms with Crippen molar-refractivity contribution in [3.8, 4) is 0 Å². The van der Waals surface area contributed by atoms with Crippen LogP contribution >= 0.6 is 11.6 Å². The third-order valence-electron chi connectivity index (χ3n) is 4.48. The zero-order valence-corrected chi connectivity index (χ0v) is 17.2. The van der Waals surface area contributed by atoms with E-state index in [4.69, 9.17) is 16.3 Å². The Kier molecular flexibility index (Phi) is 7.04. The second kappa shape index (κ2) is 9.36. The first-order chi connectivity index (χ1) is 14.2. The van der Waals surface area contributed by atoms with E-state index in [1.165, 1.54) is 24.3 Å². The molecule has 2 aromatic carbocycles. The summed E-state index contributed by atoms with van der Waals surface area (Å²) in [5.74, 6) is -1.34. The summed E-state index contributed by atoms with van der Waals surface area (Å²) in [5.41, 5.74) is 0.0482. The third kappa shape index (κ3) is 4.96. The number of β-amino-alcohol motifs (C(OH)–C–C–N with tert-alkyl or cyclic N) is 1. The van der Waals surface area contributed by atoms with Crippen molar-refractivity contribution in [2.45, 2.75) is 17.7 Å². The van der Waals surface area contributed by atoms with Crippen LogP contribution in [-0.4, -0.2) is 56.1 Å². The standard InChI is InChI=1S/C19H19ClF2N2O5S/c20-16-8-14(3-4-17(16)22)23-19(26)12-1-2-13(9-21)18(7-12)30(27,28)24-5-6-29-11-15(25)10-24/h1-4,7-8,15,25H,5-6,9-11H2,(H,23,26). The lowest BCUT2D eigenvalue weighted by Gasteiger charge is -2.22. The van der Waals surface area contributed by atoms with Gasteiger partial charge >= 0.3 is 0 Å². The van der Waals surface area contributed by atoms with Gasteiger partial charge in [0.25, 0.3) is 5.91 Å². The maximum atomic E-state index is 13.5. The molecular weight excluding hydrogens is 442 g/mol. The first kappa shape index (κ1) is 22.6. The Bertz CT molecular complexity index is 1050. The number of nitrogens with zero attached hydrogens (tertiary/aromatic N) is 1. The van der Waals surface area contributed by atoms with Crippen molar-refractivity contribution in [2.24, 2.45) is 0 Å². The number of anilines is 1. The number of aliphatic hydroxyl groups is 1. The van der Waals surface area contributed by atoms with Crippen LogP contribution < -0.4 is 5.32 Å². The Morgan fingerprint density at radius 2 is 2.07 bits per heavy atom. The Hall–Kier alpha value is -2.11. The molecule has 7 nitrogen and oxygen atoms in total. The van der Waals surface area contributed by atoms with E-state index in [0.717, 1.165) is 16.4 Å². The summed E-state index contributed by atoms with van der Waals surface area (Å²) in [4.78, 5) is 12.2. The highest BCUT2D eigenvalue weighted by molar-refractivity contribution is 7.89. The van der Waals surface area contributed by atoms with Gasteiger partial charge in [0.05, 0.1) is 29.2 Å². The number of amides is 1. The van der Waals surface area contributed by atoms with Gasteiger partial charge in [-0.1, -0.05) is 17.7 Å². The van der Waals surface area contributed by atoms with Crippen molar-refractivity contribution in [1.82, 2.24) is 4.31 Å². The summed E-state index contributed by atoms with van der Waals surface area (Å²) < 4.78 is 59.1. The van der Waals surface area contributed by atoms with Crippen molar-refractivity contribution >= 4 is 33.2 Å². The lowest BCUT2D eigenvalue weighted by atomic mass is 10.1. The van der Waals surface area contributed by atoms with Crippen molar-refractivity contribution in [1.29, 1.82) is 0 Å². The summed E-state index contributed by atoms with van der Waals surface area (Å²) in [6, 6.07) is 7.15. The summed E-state index contributed by atoms with van der Waals surface area (Å²) in [6.07, 6.45) is -1.02. The SMILES string of the molecule is O=C(Nc1ccc(F)c(Cl)c1)c1ccc(CF)c(S(=O)(=O)N2CCOCC(O)C2)c1. The Morgan fingerprint density at radius 3 is 2.77 bits per heavy atom. The number of carbonyl (C=O) groups excluding carboxylic acids is 1. The lowest BCUT2D eigenvalue weighted by molar-refractivity contribution is 0.0583. The van der Waals surface area contributed by atoms with E-state index in [2.05, 4.69) is 5.32 Å². The highest BCUT2D eigenvalue weighted by Crippen LogP contribution is 2.25. The zero-order chi connectivity index (χ0) is 21.9. The predicted octanol–water partition coefficient (Wildman–Crippen LogP) is 2.58. The highest BCUT2D eigenvalue weighted by atomic mass is 35.5. The highest BCUT2D eigenvalue weighted by Gasteiger charge is 2.31. The van der Waals surface area contributed by atoms with Gasteiger partial charge in [-0.15, -0.1) is 0 Å². The van der Waals surface area contributed by atoms with E-state index in [1.54, 1.807) is 0 Å². The molecule has 1 unspecified atom stereocenters. The Morgan fingerprint density at radius 1 is 1.30 bits per heavy atom. The molecule has 11 heteroatoms. The molecule has 1 amide bonds. The smallest absolute Gasteiger partial charge is 0.255 e. The summed E-state index contributed by atoms with van der Waals surface area (Å²) in [6.45, 7) is -1.22. The van der Waals surface area contributed by atoms with Gasteiger partial charge in [0.2, 0.25) is 10.0 Å². The van der Waals surface area contributed by atoms with Gasteiger partial charge in [0, 0.05) is 29.9 Å². The van der Waals surface area contributed by atoms with Crippen molar-refractivity contribution < 1.29 is 31.8 Å². The second-order valence-corrected chi connectivity index (χ2v) is 8.94. The van der Waals surface area contributed by atoms with Crippen LogP contribution in [-0.2, 0) is 21.4 Å². The molecule has 0 spiro atoms. The number of halogens is 3. The van der Waals surface area contributed by atoms with Gasteiger partial charge in [-0.25, -0.2) is 17.2 Å². The van der Waals surface area contributed by atoms with Crippen molar-refractivity contribution in [3.63, 3.8) is 0 Å². The number of alkyl halides is 1. The van der Waals surface area contributed by atoms with E-state index in [9.17, 15) is 27.1 Å². The first-order valence-corrected chi connectivity index (χ1v) is 10.8. The van der Waals surface area contributed by atoms with Gasteiger partial charge in [-0.2, -0.15) is 4.31 Å². The van der Waals surface area contributed by atoms with E-state index < -0.39 is 34.5 Å². The van der Waals surface area contributed by atoms with Crippen LogP contribution in [0.15, 0.2) is 41.3 Å². The first-order valence-electron chi connectivity index (χ1n) is 8.93. The number of sulfonamides is 1. The predicted molar refractivity (Wildman–Crippen MR) is 106 cm³/mol. The maximum Gasteiger partial charge on any atom is 0.255 e. The Balaban J connectivity index is 1.92. The molecular formula is C19H19ClF2N2O5S. The van der Waals surface area contributed by atoms with E-state index in [-0.39, 0.29) is 53.0 Å². The molecule has 2 N–H and O–H groups in total. The van der Waals surface area contributed by atoms with Crippen LogP contribution in [0.2, 0.25) is 5.02 Å². The van der Waals surface area contributed by atoms with Gasteiger partial charge in [-0.05, 0) is 30.3 Å². The molecule has 1 saturated heterocycles. The molecule has 1 fully saturated rings. The molecule has 1 atom stereocenters. The Labute approximate surface area is 177 Å². The van der Waals surface area contributed by atoms with Gasteiger partial charge in [0.1, 0.15) is 12.5 Å². The fourth-order valence-corrected chi connectivity index (χ4v) is 4.82. The molecule has 30 heavy (non-hydrogen) atoms. The summed E-state index contributed by atoms with van der Waals surface area (Å²) in [7, 11) is -4.20. The van der Waals surface area contributed by atoms with Gasteiger partial charge in [-0.3, -0.25) is 4.79 Å². The van der Waals surface area contributed by atoms with Crippen LogP contribution in [0.3, 0.4) is 0 Å². The number of nitrogens with one attached hydrogen (secondary N) is 1. The number of benzene rings is 2. The minimum absolute atomic E-state index is 0.00926. The molecule has 0 bridgehead atoms. The lowest BCUT2D eigenvalue weighted by Crippen LogP contribution is -2.38. The molecule has 1 aliphatic rings. The number of carbonyl (C=O) groups is 1. The van der Waals surface area contributed by atoms with E-state index in [1.807, 2.05) is 0 Å². The molecule has 1 heterocycles. The summed E-state index contributed by atoms with van der Waals surface area (Å²) in [5, 5.41) is 12.1. The topological polar surface area (TPSA) is 95.9 Å². The van der Waals surface area contributed by atoms with Crippen molar-refractivity contribution in [3.05, 3.63) is 58.4 Å². The van der Waals surface area contributed by atoms with Crippen LogP contribution in [0.5, 0.6) is 0 Å². The minimum Gasteiger partial charge on any atom is -0.389 e. The fourth-order valence-electron chi connectivity index (χ4n) is 2.95. The molecule has 0 radical (unpaired) electrons. The van der Waals surface area contributed by atoms with Crippen LogP contribution in [0.4, 0.5) is 14.5 Å². The molecule has 0 saturated carbocycles. The molecule has 2 aromatic rings. The average molecular weight is 461 g/mol. The maximum absolute atomic E-state index is 13.5. The normalized spacial score (nSPS) is 18.1. The second-order valence-electron chi connectivity index (χ2n) is 6.63. The van der Waals surface area contributed by atoms with E-state index >= 15 is 0 Å². The molecule has 162 valence electrons. The largest absolute Gasteiger partial charge is 0.389 e. The van der Waals surface area contributed by atoms with E-state index in [0.29, 0.717) is 0 Å². The molecule has 0 aliphatic carbocycles. The van der Waals surface area contributed by atoms with Crippen LogP contribution in [0.25, 0.3) is 0 Å². The van der Waals surface area contributed by atoms with Gasteiger partial charge < -0.3 is 15.2 Å². The molecule has 1 aliphatic heterocycles. The molecule has 0 aromatic heterocycles. The van der Waals surface area contributed by atoms with Crippen LogP contribution in [0.1, 0.15) is 15.9 Å². The quantitative estimate of drug-likeness (QED) is 0.715. The fraction of sp³-hybridized carbons (Fsp3) is 0.316. The third-order valence-corrected chi connectivity index (χ3v) is 6.72. The average Bonchev–Trinajstić information content (AvgIpc) is 2.95. The van der Waals surface area contributed by atoms with Gasteiger partial charge in [0.15, 0.2) is 0 Å². The minimum atomic E-state index is -4.20. The number of rotatable bonds is 5. The number of hydrogen-bond donors (Lipinski definition) is 2. The summed E-state index contributed by atoms with van der Waals surface area (Å²) >= 11 is 5.70. The van der Waals surface area contributed by atoms with Crippen molar-refractivity contribution in [2.75, 3.05) is 31.6 Å².